The van der Waals surface area contributed by atoms with Crippen LogP contribution >= 0.6 is 0 Å². The van der Waals surface area contributed by atoms with E-state index in [1.54, 1.807) is 19.1 Å². The summed E-state index contributed by atoms with van der Waals surface area (Å²) in [5, 5.41) is 10.9. The van der Waals surface area contributed by atoms with E-state index in [9.17, 15) is 26.9 Å². The van der Waals surface area contributed by atoms with Gasteiger partial charge in [-0.25, -0.2) is 16.8 Å². The molecular formula is C17H19N3O6S2. The summed E-state index contributed by atoms with van der Waals surface area (Å²) in [6.45, 7) is 1.97. The summed E-state index contributed by atoms with van der Waals surface area (Å²) in [6, 6.07) is 9.42. The third-order valence-electron chi connectivity index (χ3n) is 4.45. The number of benzene rings is 2. The van der Waals surface area contributed by atoms with Gasteiger partial charge in [0.25, 0.3) is 15.7 Å². The van der Waals surface area contributed by atoms with Crippen molar-refractivity contribution in [1.82, 2.24) is 0 Å². The summed E-state index contributed by atoms with van der Waals surface area (Å²) in [5.41, 5.74) is 1.21. The number of non-ortho nitro benzene ring substituents is 1. The Morgan fingerprint density at radius 1 is 1.14 bits per heavy atom. The Kier molecular flexibility index (Phi) is 5.31. The van der Waals surface area contributed by atoms with Crippen LogP contribution in [-0.4, -0.2) is 34.1 Å². The van der Waals surface area contributed by atoms with E-state index in [0.717, 1.165) is 11.6 Å². The van der Waals surface area contributed by atoms with E-state index in [0.29, 0.717) is 25.1 Å². The lowest BCUT2D eigenvalue weighted by molar-refractivity contribution is -0.385. The molecule has 28 heavy (non-hydrogen) atoms. The lowest BCUT2D eigenvalue weighted by Gasteiger charge is -2.30. The highest BCUT2D eigenvalue weighted by molar-refractivity contribution is 7.93. The molecule has 0 spiro atoms. The summed E-state index contributed by atoms with van der Waals surface area (Å²) < 4.78 is 53.4. The number of rotatable bonds is 6. The summed E-state index contributed by atoms with van der Waals surface area (Å²) in [7, 11) is -7.44. The van der Waals surface area contributed by atoms with Crippen molar-refractivity contribution in [3.05, 3.63) is 58.1 Å². The van der Waals surface area contributed by atoms with E-state index in [2.05, 4.69) is 4.72 Å². The van der Waals surface area contributed by atoms with Crippen LogP contribution < -0.4 is 9.03 Å². The van der Waals surface area contributed by atoms with Crippen LogP contribution in [0.2, 0.25) is 0 Å². The maximum Gasteiger partial charge on any atom is 0.270 e. The van der Waals surface area contributed by atoms with Crippen molar-refractivity contribution >= 4 is 37.1 Å². The molecule has 0 radical (unpaired) electrons. The van der Waals surface area contributed by atoms with Gasteiger partial charge < -0.3 is 0 Å². The number of nitro groups is 1. The lowest BCUT2D eigenvalue weighted by Crippen LogP contribution is -2.36. The van der Waals surface area contributed by atoms with E-state index < -0.39 is 25.0 Å². The van der Waals surface area contributed by atoms with E-state index in [-0.39, 0.29) is 22.0 Å². The summed E-state index contributed by atoms with van der Waals surface area (Å²) in [4.78, 5) is 9.98. The average molecular weight is 425 g/mol. The molecule has 0 aliphatic carbocycles. The Balaban J connectivity index is 1.92. The van der Waals surface area contributed by atoms with Gasteiger partial charge in [-0.2, -0.15) is 0 Å². The zero-order chi connectivity index (χ0) is 20.5. The molecular weight excluding hydrogens is 406 g/mol. The molecule has 0 aromatic heterocycles. The molecule has 3 rings (SSSR count). The molecule has 0 bridgehead atoms. The van der Waals surface area contributed by atoms with Gasteiger partial charge >= 0.3 is 0 Å². The molecule has 0 atom stereocenters. The lowest BCUT2D eigenvalue weighted by atomic mass is 10.0. The third-order valence-corrected chi connectivity index (χ3v) is 7.61. The van der Waals surface area contributed by atoms with Crippen LogP contribution in [0.4, 0.5) is 17.1 Å². The Morgan fingerprint density at radius 2 is 1.89 bits per heavy atom. The SMILES string of the molecule is CCS(=O)(=O)N1CCCc2cc(NS(=O)(=O)c3cccc([N+](=O)[O-])c3)ccc21. The van der Waals surface area contributed by atoms with Crippen molar-refractivity contribution < 1.29 is 21.8 Å². The van der Waals surface area contributed by atoms with Crippen molar-refractivity contribution in [2.24, 2.45) is 0 Å². The van der Waals surface area contributed by atoms with Crippen LogP contribution in [0.1, 0.15) is 18.9 Å². The number of sulfonamides is 2. The second-order valence-corrected chi connectivity index (χ2v) is 10.1. The molecule has 150 valence electrons. The zero-order valence-electron chi connectivity index (χ0n) is 15.0. The van der Waals surface area contributed by atoms with Gasteiger partial charge in [-0.15, -0.1) is 0 Å². The Labute approximate surface area is 163 Å². The standard InChI is InChI=1S/C17H19N3O6S2/c1-2-27(23,24)19-10-4-5-13-11-14(8-9-17(13)19)18-28(25,26)16-7-3-6-15(12-16)20(21)22/h3,6-9,11-12,18H,2,4-5,10H2,1H3. The van der Waals surface area contributed by atoms with Gasteiger partial charge in [0.05, 0.1) is 21.3 Å². The number of nitrogens with one attached hydrogen (secondary N) is 1. The van der Waals surface area contributed by atoms with E-state index in [1.807, 2.05) is 0 Å². The van der Waals surface area contributed by atoms with Crippen molar-refractivity contribution in [1.29, 1.82) is 0 Å². The fourth-order valence-corrected chi connectivity index (χ4v) is 5.33. The molecule has 2 aromatic carbocycles. The van der Waals surface area contributed by atoms with E-state index in [1.165, 1.54) is 28.6 Å². The van der Waals surface area contributed by atoms with Crippen molar-refractivity contribution in [2.45, 2.75) is 24.7 Å². The van der Waals surface area contributed by atoms with Crippen molar-refractivity contribution in [3.8, 4) is 0 Å². The van der Waals surface area contributed by atoms with Gasteiger partial charge in [-0.05, 0) is 49.6 Å². The first-order valence-electron chi connectivity index (χ1n) is 8.54. The first-order valence-corrected chi connectivity index (χ1v) is 11.6. The van der Waals surface area contributed by atoms with E-state index in [4.69, 9.17) is 0 Å². The minimum Gasteiger partial charge on any atom is -0.280 e. The molecule has 0 saturated heterocycles. The smallest absolute Gasteiger partial charge is 0.270 e. The normalized spacial score (nSPS) is 14.4. The molecule has 2 aromatic rings. The topological polar surface area (TPSA) is 127 Å². The highest BCUT2D eigenvalue weighted by atomic mass is 32.2. The quantitative estimate of drug-likeness (QED) is 0.560. The molecule has 0 saturated carbocycles. The summed E-state index contributed by atoms with van der Waals surface area (Å²) in [5.74, 6) is -0.0202. The van der Waals surface area contributed by atoms with Gasteiger partial charge in [0.1, 0.15) is 0 Å². The monoisotopic (exact) mass is 425 g/mol. The van der Waals surface area contributed by atoms with Crippen LogP contribution in [0.15, 0.2) is 47.4 Å². The molecule has 1 N–H and O–H groups in total. The van der Waals surface area contributed by atoms with Gasteiger partial charge in [-0.3, -0.25) is 19.1 Å². The van der Waals surface area contributed by atoms with E-state index >= 15 is 0 Å². The number of anilines is 2. The maximum absolute atomic E-state index is 12.6. The second-order valence-electron chi connectivity index (χ2n) is 6.28. The Morgan fingerprint density at radius 3 is 2.57 bits per heavy atom. The number of nitro benzene ring substituents is 1. The molecule has 11 heteroatoms. The zero-order valence-corrected chi connectivity index (χ0v) is 16.7. The van der Waals surface area contributed by atoms with Crippen molar-refractivity contribution in [3.63, 3.8) is 0 Å². The van der Waals surface area contributed by atoms with Gasteiger partial charge in [0.15, 0.2) is 0 Å². The first-order chi connectivity index (χ1) is 13.1. The second kappa shape index (κ2) is 7.40. The number of hydrogen-bond donors (Lipinski definition) is 1. The number of hydrogen-bond acceptors (Lipinski definition) is 6. The highest BCUT2D eigenvalue weighted by Gasteiger charge is 2.26. The summed E-state index contributed by atoms with van der Waals surface area (Å²) in [6.07, 6.45) is 1.25. The van der Waals surface area contributed by atoms with Gasteiger partial charge in [0, 0.05) is 24.4 Å². The van der Waals surface area contributed by atoms with Crippen LogP contribution in [0.5, 0.6) is 0 Å². The molecule has 1 aliphatic heterocycles. The third kappa shape index (κ3) is 3.94. The number of nitrogens with zero attached hydrogens (tertiary/aromatic N) is 2. The molecule has 0 unspecified atom stereocenters. The predicted molar refractivity (Wildman–Crippen MR) is 105 cm³/mol. The largest absolute Gasteiger partial charge is 0.280 e. The van der Waals surface area contributed by atoms with Crippen LogP contribution in [0.3, 0.4) is 0 Å². The molecule has 1 heterocycles. The number of fused-ring (bicyclic) bond motifs is 1. The molecule has 0 amide bonds. The molecule has 9 nitrogen and oxygen atoms in total. The van der Waals surface area contributed by atoms with Gasteiger partial charge in [-0.1, -0.05) is 6.07 Å². The minimum absolute atomic E-state index is 0.0202. The fraction of sp³-hybridized carbons (Fsp3) is 0.294. The van der Waals surface area contributed by atoms with Crippen LogP contribution in [0, 0.1) is 10.1 Å². The first kappa shape index (κ1) is 20.1. The Hall–Kier alpha value is -2.66. The van der Waals surface area contributed by atoms with Crippen LogP contribution in [0.25, 0.3) is 0 Å². The minimum atomic E-state index is -4.03. The number of aryl methyl sites for hydroxylation is 1. The molecule has 1 aliphatic rings. The Bertz CT molecular complexity index is 1130. The molecule has 0 fully saturated rings. The average Bonchev–Trinajstić information content (AvgIpc) is 2.67. The highest BCUT2D eigenvalue weighted by Crippen LogP contribution is 2.32. The summed E-state index contributed by atoms with van der Waals surface area (Å²) >= 11 is 0. The fourth-order valence-electron chi connectivity index (χ4n) is 3.05. The van der Waals surface area contributed by atoms with Gasteiger partial charge in [0.2, 0.25) is 10.0 Å². The maximum atomic E-state index is 12.6. The predicted octanol–water partition coefficient (Wildman–Crippen LogP) is 2.50. The van der Waals surface area contributed by atoms with Crippen molar-refractivity contribution in [2.75, 3.05) is 21.3 Å². The van der Waals surface area contributed by atoms with Crippen LogP contribution in [-0.2, 0) is 26.5 Å².